The minimum Gasteiger partial charge on any atom is -0.445 e. The van der Waals surface area contributed by atoms with Gasteiger partial charge in [0.25, 0.3) is 0 Å². The van der Waals surface area contributed by atoms with Gasteiger partial charge in [-0.25, -0.2) is 4.79 Å². The van der Waals surface area contributed by atoms with Gasteiger partial charge in [0, 0.05) is 45.2 Å². The molecule has 0 bridgehead atoms. The smallest absolute Gasteiger partial charge is 0.410 e. The van der Waals surface area contributed by atoms with Gasteiger partial charge in [0.2, 0.25) is 5.91 Å². The topological polar surface area (TPSA) is 61.9 Å². The average molecular weight is 396 g/mol. The van der Waals surface area contributed by atoms with Crippen molar-refractivity contribution in [2.45, 2.75) is 38.8 Å². The van der Waals surface area contributed by atoms with Crippen molar-refractivity contribution in [3.8, 4) is 0 Å². The summed E-state index contributed by atoms with van der Waals surface area (Å²) in [5, 5.41) is 3.36. The lowest BCUT2D eigenvalue weighted by atomic mass is 9.93. The lowest BCUT2D eigenvalue weighted by Gasteiger charge is -2.35. The fourth-order valence-corrected chi connectivity index (χ4v) is 3.67. The van der Waals surface area contributed by atoms with E-state index < -0.39 is 0 Å². The van der Waals surface area contributed by atoms with E-state index in [0.717, 1.165) is 38.0 Å². The largest absolute Gasteiger partial charge is 0.445 e. The van der Waals surface area contributed by atoms with Gasteiger partial charge in [-0.2, -0.15) is 0 Å². The quantitative estimate of drug-likeness (QED) is 0.851. The summed E-state index contributed by atoms with van der Waals surface area (Å²) in [6.07, 6.45) is 2.08. The number of piperidine rings is 1. The molecule has 2 aliphatic rings. The molecule has 0 aliphatic carbocycles. The molecule has 0 radical (unpaired) electrons. The van der Waals surface area contributed by atoms with Crippen LogP contribution in [0.15, 0.2) is 30.3 Å². The van der Waals surface area contributed by atoms with E-state index >= 15 is 0 Å². The van der Waals surface area contributed by atoms with Crippen LogP contribution < -0.4 is 5.32 Å². The summed E-state index contributed by atoms with van der Waals surface area (Å²) in [4.78, 5) is 28.4. The van der Waals surface area contributed by atoms with Crippen molar-refractivity contribution in [1.82, 2.24) is 15.1 Å². The van der Waals surface area contributed by atoms with E-state index in [1.807, 2.05) is 35.2 Å². The maximum absolute atomic E-state index is 12.5. The summed E-state index contributed by atoms with van der Waals surface area (Å²) in [6.45, 7) is 6.22. The first kappa shape index (κ1) is 21.5. The van der Waals surface area contributed by atoms with Crippen molar-refractivity contribution in [3.05, 3.63) is 35.9 Å². The molecular formula is C20H30ClN3O3. The van der Waals surface area contributed by atoms with Crippen LogP contribution in [0.2, 0.25) is 0 Å². The Morgan fingerprint density at radius 2 is 1.81 bits per heavy atom. The van der Waals surface area contributed by atoms with Crippen molar-refractivity contribution in [1.29, 1.82) is 0 Å². The normalized spacial score (nSPS) is 20.7. The van der Waals surface area contributed by atoms with Crippen molar-refractivity contribution >= 4 is 24.4 Å². The van der Waals surface area contributed by atoms with Crippen molar-refractivity contribution in [2.24, 2.45) is 5.92 Å². The molecule has 2 amide bonds. The first-order valence-corrected chi connectivity index (χ1v) is 9.58. The number of hydrogen-bond donors (Lipinski definition) is 1. The van der Waals surface area contributed by atoms with E-state index in [1.165, 1.54) is 0 Å². The molecule has 1 aromatic rings. The summed E-state index contributed by atoms with van der Waals surface area (Å²) in [5.74, 6) is 0.620. The number of benzene rings is 1. The third-order valence-electron chi connectivity index (χ3n) is 5.26. The maximum atomic E-state index is 12.5. The summed E-state index contributed by atoms with van der Waals surface area (Å²) >= 11 is 0. The molecule has 3 rings (SSSR count). The fourth-order valence-electron chi connectivity index (χ4n) is 3.67. The zero-order chi connectivity index (χ0) is 18.4. The predicted molar refractivity (Wildman–Crippen MR) is 107 cm³/mol. The maximum Gasteiger partial charge on any atom is 0.410 e. The minimum absolute atomic E-state index is 0. The number of carbonyl (C=O) groups excluding carboxylic acids is 2. The number of likely N-dealkylation sites (tertiary alicyclic amines) is 1. The van der Waals surface area contributed by atoms with E-state index in [2.05, 4.69) is 12.2 Å². The Labute approximate surface area is 167 Å². The molecule has 150 valence electrons. The van der Waals surface area contributed by atoms with Crippen LogP contribution in [0.1, 0.15) is 31.7 Å². The lowest BCUT2D eigenvalue weighted by Crippen LogP contribution is -2.51. The number of ether oxygens (including phenoxy) is 1. The predicted octanol–water partition coefficient (Wildman–Crippen LogP) is 2.67. The number of piperazine rings is 1. The van der Waals surface area contributed by atoms with Gasteiger partial charge >= 0.3 is 6.09 Å². The average Bonchev–Trinajstić information content (AvgIpc) is 2.67. The first-order chi connectivity index (χ1) is 12.6. The van der Waals surface area contributed by atoms with E-state index in [4.69, 9.17) is 4.74 Å². The standard InChI is InChI=1S/C20H29N3O3.ClH/c1-16-14-23(12-9-21-16)19(24)13-17-7-10-22(11-8-17)20(25)26-15-18-5-3-2-4-6-18;/h2-6,16-17,21H,7-15H2,1H3;1H/t16-;/m0./s1. The Hall–Kier alpha value is -1.79. The van der Waals surface area contributed by atoms with E-state index in [0.29, 0.717) is 38.1 Å². The Balaban J connectivity index is 0.00000261. The van der Waals surface area contributed by atoms with Gasteiger partial charge in [-0.3, -0.25) is 4.79 Å². The fraction of sp³-hybridized carbons (Fsp3) is 0.600. The highest BCUT2D eigenvalue weighted by Crippen LogP contribution is 2.22. The molecule has 2 fully saturated rings. The number of hydrogen-bond acceptors (Lipinski definition) is 4. The van der Waals surface area contributed by atoms with Gasteiger partial charge < -0.3 is 19.9 Å². The molecule has 0 saturated carbocycles. The van der Waals surface area contributed by atoms with E-state index in [-0.39, 0.29) is 24.4 Å². The Morgan fingerprint density at radius 3 is 2.48 bits per heavy atom. The molecule has 0 aromatic heterocycles. The zero-order valence-corrected chi connectivity index (χ0v) is 16.7. The van der Waals surface area contributed by atoms with Crippen molar-refractivity contribution < 1.29 is 14.3 Å². The van der Waals surface area contributed by atoms with Gasteiger partial charge in [0.1, 0.15) is 6.61 Å². The monoisotopic (exact) mass is 395 g/mol. The molecule has 0 unspecified atom stereocenters. The van der Waals surface area contributed by atoms with Gasteiger partial charge in [0.15, 0.2) is 0 Å². The number of amides is 2. The van der Waals surface area contributed by atoms with Gasteiger partial charge in [-0.05, 0) is 31.2 Å². The lowest BCUT2D eigenvalue weighted by molar-refractivity contribution is -0.133. The molecule has 1 atom stereocenters. The zero-order valence-electron chi connectivity index (χ0n) is 15.9. The van der Waals surface area contributed by atoms with Crippen LogP contribution in [0.3, 0.4) is 0 Å². The highest BCUT2D eigenvalue weighted by atomic mass is 35.5. The van der Waals surface area contributed by atoms with Gasteiger partial charge in [-0.15, -0.1) is 12.4 Å². The van der Waals surface area contributed by atoms with Crippen LogP contribution in [0.4, 0.5) is 4.79 Å². The van der Waals surface area contributed by atoms with Crippen molar-refractivity contribution in [2.75, 3.05) is 32.7 Å². The molecule has 1 N–H and O–H groups in total. The van der Waals surface area contributed by atoms with Gasteiger partial charge in [0.05, 0.1) is 0 Å². The van der Waals surface area contributed by atoms with Crippen LogP contribution in [0.25, 0.3) is 0 Å². The Bertz CT molecular complexity index is 606. The summed E-state index contributed by atoms with van der Waals surface area (Å²) in [6, 6.07) is 10.1. The molecule has 6 nitrogen and oxygen atoms in total. The highest BCUT2D eigenvalue weighted by molar-refractivity contribution is 5.85. The van der Waals surface area contributed by atoms with E-state index in [9.17, 15) is 9.59 Å². The van der Waals surface area contributed by atoms with Crippen LogP contribution in [0, 0.1) is 5.92 Å². The highest BCUT2D eigenvalue weighted by Gasteiger charge is 2.28. The van der Waals surface area contributed by atoms with Gasteiger partial charge in [-0.1, -0.05) is 30.3 Å². The third-order valence-corrected chi connectivity index (χ3v) is 5.26. The summed E-state index contributed by atoms with van der Waals surface area (Å²) in [7, 11) is 0. The SMILES string of the molecule is C[C@H]1CN(C(=O)CC2CCN(C(=O)OCc3ccccc3)CC2)CCN1.Cl. The van der Waals surface area contributed by atoms with E-state index in [1.54, 1.807) is 4.90 Å². The number of rotatable bonds is 4. The molecular weight excluding hydrogens is 366 g/mol. The first-order valence-electron chi connectivity index (χ1n) is 9.58. The number of nitrogens with one attached hydrogen (secondary N) is 1. The Morgan fingerprint density at radius 1 is 1.11 bits per heavy atom. The molecule has 1 aromatic carbocycles. The molecule has 0 spiro atoms. The number of carbonyl (C=O) groups is 2. The third kappa shape index (κ3) is 6.40. The molecule has 27 heavy (non-hydrogen) atoms. The number of halogens is 1. The number of nitrogens with zero attached hydrogens (tertiary/aromatic N) is 2. The second-order valence-corrected chi connectivity index (χ2v) is 7.37. The summed E-state index contributed by atoms with van der Waals surface area (Å²) < 4.78 is 5.40. The van der Waals surface area contributed by atoms with Crippen molar-refractivity contribution in [3.63, 3.8) is 0 Å². The molecule has 2 saturated heterocycles. The molecule has 2 heterocycles. The second-order valence-electron chi connectivity index (χ2n) is 7.37. The second kappa shape index (κ2) is 10.5. The molecule has 7 heteroatoms. The van der Waals surface area contributed by atoms with Crippen LogP contribution >= 0.6 is 12.4 Å². The summed E-state index contributed by atoms with van der Waals surface area (Å²) in [5.41, 5.74) is 0.992. The Kier molecular flexibility index (Phi) is 8.38. The van der Waals surface area contributed by atoms with Crippen LogP contribution in [-0.4, -0.2) is 60.6 Å². The van der Waals surface area contributed by atoms with Crippen LogP contribution in [-0.2, 0) is 16.1 Å². The minimum atomic E-state index is -0.255. The molecule has 2 aliphatic heterocycles. The van der Waals surface area contributed by atoms with Crippen LogP contribution in [0.5, 0.6) is 0 Å².